The first kappa shape index (κ1) is 20.4. The summed E-state index contributed by atoms with van der Waals surface area (Å²) in [4.78, 5) is 27.5. The van der Waals surface area contributed by atoms with Crippen molar-refractivity contribution in [3.63, 3.8) is 0 Å². The van der Waals surface area contributed by atoms with Gasteiger partial charge in [0, 0.05) is 25.3 Å². The number of aryl methyl sites for hydroxylation is 2. The minimum Gasteiger partial charge on any atom is -0.466 e. The van der Waals surface area contributed by atoms with Crippen molar-refractivity contribution in [2.45, 2.75) is 40.2 Å². The van der Waals surface area contributed by atoms with E-state index in [1.54, 1.807) is 0 Å². The molecule has 152 valence electrons. The number of urea groups is 1. The van der Waals surface area contributed by atoms with Crippen LogP contribution >= 0.6 is 0 Å². The maximum atomic E-state index is 12.7. The van der Waals surface area contributed by atoms with Gasteiger partial charge in [0.05, 0.1) is 18.7 Å². The number of nitrogens with one attached hydrogen (secondary N) is 2. The zero-order valence-electron chi connectivity index (χ0n) is 17.5. The molecule has 1 saturated heterocycles. The second kappa shape index (κ2) is 8.35. The number of hydrogen-bond donors (Lipinski definition) is 2. The van der Waals surface area contributed by atoms with Gasteiger partial charge in [-0.3, -0.25) is 4.90 Å². The minimum atomic E-state index is -0.517. The Morgan fingerprint density at radius 3 is 2.50 bits per heavy atom. The summed E-state index contributed by atoms with van der Waals surface area (Å²) in [5.41, 5.74) is 4.22. The average Bonchev–Trinajstić information content (AvgIpc) is 2.59. The molecule has 2 aliphatic rings. The van der Waals surface area contributed by atoms with Gasteiger partial charge in [-0.2, -0.15) is 0 Å². The highest BCUT2D eigenvalue weighted by Gasteiger charge is 2.35. The summed E-state index contributed by atoms with van der Waals surface area (Å²) >= 11 is 0. The summed E-state index contributed by atoms with van der Waals surface area (Å²) in [6, 6.07) is 5.24. The van der Waals surface area contributed by atoms with Crippen LogP contribution in [0.3, 0.4) is 0 Å². The smallest absolute Gasteiger partial charge is 0.338 e. The molecule has 2 heterocycles. The normalized spacial score (nSPS) is 25.9. The molecule has 0 aromatic heterocycles. The Balaban J connectivity index is 2.00. The fraction of sp³-hybridized carbons (Fsp3) is 0.545. The van der Waals surface area contributed by atoms with Crippen molar-refractivity contribution < 1.29 is 14.3 Å². The van der Waals surface area contributed by atoms with Crippen molar-refractivity contribution in [2.75, 3.05) is 26.7 Å². The predicted octanol–water partition coefficient (Wildman–Crippen LogP) is 3.06. The van der Waals surface area contributed by atoms with Crippen LogP contribution in [0.5, 0.6) is 0 Å². The lowest BCUT2D eigenvalue weighted by molar-refractivity contribution is -0.136. The van der Waals surface area contributed by atoms with Gasteiger partial charge in [-0.25, -0.2) is 9.59 Å². The topological polar surface area (TPSA) is 70.7 Å². The summed E-state index contributed by atoms with van der Waals surface area (Å²) in [5.74, 6) is 0.780. The standard InChI is InChI=1S/C22H31N3O3/c1-13-6-7-17(16(4)9-13)20-19(21(26)28-5)18(23-22(27)24-20)12-25-10-14(2)8-15(3)11-25/h6-7,9,14-15,20H,8,10-12H2,1-5H3,(H2,23,24,27)/t14-,15-,20+/m0/s1. The van der Waals surface area contributed by atoms with E-state index >= 15 is 0 Å². The summed E-state index contributed by atoms with van der Waals surface area (Å²) < 4.78 is 5.10. The number of carbonyl (C=O) groups excluding carboxylic acids is 2. The van der Waals surface area contributed by atoms with Crippen LogP contribution in [0.15, 0.2) is 29.5 Å². The van der Waals surface area contributed by atoms with Crippen LogP contribution < -0.4 is 10.6 Å². The first-order chi connectivity index (χ1) is 13.3. The molecular formula is C22H31N3O3. The van der Waals surface area contributed by atoms with Crippen molar-refractivity contribution in [1.29, 1.82) is 0 Å². The number of nitrogens with zero attached hydrogens (tertiary/aromatic N) is 1. The third-order valence-electron chi connectivity index (χ3n) is 5.62. The highest BCUT2D eigenvalue weighted by atomic mass is 16.5. The van der Waals surface area contributed by atoms with Crippen LogP contribution in [0, 0.1) is 25.7 Å². The molecule has 0 unspecified atom stereocenters. The van der Waals surface area contributed by atoms with Gasteiger partial charge in [0.25, 0.3) is 0 Å². The molecule has 6 nitrogen and oxygen atoms in total. The number of esters is 1. The minimum absolute atomic E-state index is 0.286. The summed E-state index contributed by atoms with van der Waals surface area (Å²) in [6.45, 7) is 11.0. The third kappa shape index (κ3) is 4.38. The second-order valence-corrected chi connectivity index (χ2v) is 8.42. The van der Waals surface area contributed by atoms with Gasteiger partial charge in [-0.1, -0.05) is 37.6 Å². The molecule has 3 atom stereocenters. The molecule has 2 N–H and O–H groups in total. The van der Waals surface area contributed by atoms with Crippen LogP contribution in [0.2, 0.25) is 0 Å². The predicted molar refractivity (Wildman–Crippen MR) is 109 cm³/mol. The Hall–Kier alpha value is -2.34. The van der Waals surface area contributed by atoms with Gasteiger partial charge in [-0.15, -0.1) is 0 Å². The first-order valence-corrected chi connectivity index (χ1v) is 9.96. The summed E-state index contributed by atoms with van der Waals surface area (Å²) in [5, 5.41) is 5.79. The Bertz CT molecular complexity index is 792. The number of likely N-dealkylation sites (tertiary alicyclic amines) is 1. The number of ether oxygens (including phenoxy) is 1. The lowest BCUT2D eigenvalue weighted by Crippen LogP contribution is -2.50. The molecule has 0 bridgehead atoms. The van der Waals surface area contributed by atoms with Crippen LogP contribution in [-0.2, 0) is 9.53 Å². The molecule has 2 amide bonds. The SMILES string of the molecule is COC(=O)C1=C(CN2C[C@@H](C)C[C@H](C)C2)NC(=O)N[C@@H]1c1ccc(C)cc1C. The summed E-state index contributed by atoms with van der Waals surface area (Å²) in [7, 11) is 1.38. The largest absolute Gasteiger partial charge is 0.466 e. The van der Waals surface area contributed by atoms with Crippen molar-refractivity contribution in [3.05, 3.63) is 46.2 Å². The quantitative estimate of drug-likeness (QED) is 0.782. The molecule has 0 aliphatic carbocycles. The highest BCUT2D eigenvalue weighted by Crippen LogP contribution is 2.31. The van der Waals surface area contributed by atoms with Gasteiger partial charge in [-0.05, 0) is 43.2 Å². The molecule has 28 heavy (non-hydrogen) atoms. The van der Waals surface area contributed by atoms with E-state index in [9.17, 15) is 9.59 Å². The molecule has 0 saturated carbocycles. The molecule has 6 heteroatoms. The molecule has 3 rings (SSSR count). The van der Waals surface area contributed by atoms with Gasteiger partial charge in [0.2, 0.25) is 0 Å². The molecular weight excluding hydrogens is 354 g/mol. The van der Waals surface area contributed by atoms with Crippen LogP contribution in [0.4, 0.5) is 4.79 Å². The van der Waals surface area contributed by atoms with Crippen LogP contribution in [-0.4, -0.2) is 43.6 Å². The number of amides is 2. The molecule has 0 spiro atoms. The third-order valence-corrected chi connectivity index (χ3v) is 5.62. The first-order valence-electron chi connectivity index (χ1n) is 9.96. The lowest BCUT2D eigenvalue weighted by atomic mass is 9.89. The Labute approximate surface area is 167 Å². The number of benzene rings is 1. The van der Waals surface area contributed by atoms with E-state index in [1.807, 2.05) is 26.0 Å². The van der Waals surface area contributed by atoms with E-state index in [1.165, 1.54) is 13.5 Å². The maximum absolute atomic E-state index is 12.7. The molecule has 1 aromatic carbocycles. The fourth-order valence-corrected chi connectivity index (χ4v) is 4.62. The Kier molecular flexibility index (Phi) is 6.08. The van der Waals surface area contributed by atoms with Crippen molar-refractivity contribution in [2.24, 2.45) is 11.8 Å². The van der Waals surface area contributed by atoms with Crippen molar-refractivity contribution in [3.8, 4) is 0 Å². The average molecular weight is 386 g/mol. The van der Waals surface area contributed by atoms with Crippen LogP contribution in [0.25, 0.3) is 0 Å². The van der Waals surface area contributed by atoms with E-state index in [4.69, 9.17) is 4.74 Å². The Morgan fingerprint density at radius 1 is 1.21 bits per heavy atom. The van der Waals surface area contributed by atoms with E-state index in [2.05, 4.69) is 35.4 Å². The van der Waals surface area contributed by atoms with Gasteiger partial charge < -0.3 is 15.4 Å². The zero-order chi connectivity index (χ0) is 20.4. The fourth-order valence-electron chi connectivity index (χ4n) is 4.62. The lowest BCUT2D eigenvalue weighted by Gasteiger charge is -2.37. The van der Waals surface area contributed by atoms with Gasteiger partial charge in [0.15, 0.2) is 0 Å². The zero-order valence-corrected chi connectivity index (χ0v) is 17.5. The Morgan fingerprint density at radius 2 is 1.89 bits per heavy atom. The summed E-state index contributed by atoms with van der Waals surface area (Å²) in [6.07, 6.45) is 1.21. The van der Waals surface area contributed by atoms with E-state index in [-0.39, 0.29) is 6.03 Å². The van der Waals surface area contributed by atoms with Gasteiger partial charge >= 0.3 is 12.0 Å². The van der Waals surface area contributed by atoms with E-state index in [0.29, 0.717) is 29.7 Å². The number of rotatable bonds is 4. The van der Waals surface area contributed by atoms with Gasteiger partial charge in [0.1, 0.15) is 0 Å². The molecule has 1 fully saturated rings. The number of hydrogen-bond acceptors (Lipinski definition) is 4. The number of methoxy groups -OCH3 is 1. The van der Waals surface area contributed by atoms with E-state index in [0.717, 1.165) is 29.8 Å². The molecule has 1 aromatic rings. The van der Waals surface area contributed by atoms with Crippen molar-refractivity contribution >= 4 is 12.0 Å². The second-order valence-electron chi connectivity index (χ2n) is 8.42. The maximum Gasteiger partial charge on any atom is 0.338 e. The number of carbonyl (C=O) groups is 2. The monoisotopic (exact) mass is 385 g/mol. The molecule has 2 aliphatic heterocycles. The van der Waals surface area contributed by atoms with Crippen LogP contribution in [0.1, 0.15) is 43.0 Å². The number of piperidine rings is 1. The molecule has 0 radical (unpaired) electrons. The van der Waals surface area contributed by atoms with E-state index < -0.39 is 12.0 Å². The van der Waals surface area contributed by atoms with Crippen molar-refractivity contribution in [1.82, 2.24) is 15.5 Å². The highest BCUT2D eigenvalue weighted by molar-refractivity contribution is 5.95.